The maximum Gasteiger partial charge on any atom is 0.121 e. The highest BCUT2D eigenvalue weighted by Crippen LogP contribution is 2.44. The first-order valence-corrected chi connectivity index (χ1v) is 6.99. The third-order valence-corrected chi connectivity index (χ3v) is 4.22. The molecule has 1 aliphatic rings. The molecule has 0 radical (unpaired) electrons. The molecule has 1 aromatic rings. The van der Waals surface area contributed by atoms with Crippen LogP contribution in [0.5, 0.6) is 5.75 Å². The molecule has 20 heavy (non-hydrogen) atoms. The fraction of sp³-hybridized carbons (Fsp3) is 0.562. The normalized spacial score (nSPS) is 23.6. The third kappa shape index (κ3) is 2.59. The smallest absolute Gasteiger partial charge is 0.121 e. The molecule has 4 heteroatoms. The average Bonchev–Trinajstić information content (AvgIpc) is 2.46. The summed E-state index contributed by atoms with van der Waals surface area (Å²) < 4.78 is 11.0. The van der Waals surface area contributed by atoms with E-state index in [9.17, 15) is 5.26 Å². The number of rotatable bonds is 5. The van der Waals surface area contributed by atoms with Gasteiger partial charge in [0.2, 0.25) is 0 Å². The highest BCUT2D eigenvalue weighted by atomic mass is 16.5. The molecule has 4 nitrogen and oxygen atoms in total. The van der Waals surface area contributed by atoms with Gasteiger partial charge in [0, 0.05) is 24.1 Å². The number of benzene rings is 1. The zero-order valence-electron chi connectivity index (χ0n) is 12.6. The van der Waals surface area contributed by atoms with Gasteiger partial charge in [0.05, 0.1) is 24.5 Å². The number of nitriles is 1. The van der Waals surface area contributed by atoms with Gasteiger partial charge in [0.25, 0.3) is 0 Å². The minimum Gasteiger partial charge on any atom is -0.497 e. The topological polar surface area (TPSA) is 54.3 Å². The van der Waals surface area contributed by atoms with Crippen molar-refractivity contribution in [1.82, 2.24) is 0 Å². The molecule has 0 bridgehead atoms. The van der Waals surface area contributed by atoms with Crippen LogP contribution in [0.25, 0.3) is 0 Å². The Balaban J connectivity index is 2.13. The predicted molar refractivity (Wildman–Crippen MR) is 78.9 cm³/mol. The molecule has 108 valence electrons. The van der Waals surface area contributed by atoms with Crippen LogP contribution < -0.4 is 10.1 Å². The standard InChI is InChI=1S/C16H22N2O2/c1-5-20-15-9-14(16(15,2)3)18-13-8-12(19-4)7-6-11(13)10-17/h6-8,14-15,18H,5,9H2,1-4H3. The summed E-state index contributed by atoms with van der Waals surface area (Å²) in [5.74, 6) is 0.755. The van der Waals surface area contributed by atoms with Crippen LogP contribution >= 0.6 is 0 Å². The summed E-state index contributed by atoms with van der Waals surface area (Å²) >= 11 is 0. The van der Waals surface area contributed by atoms with Crippen LogP contribution in [0.1, 0.15) is 32.8 Å². The SMILES string of the molecule is CCOC1CC(Nc2cc(OC)ccc2C#N)C1(C)C. The maximum atomic E-state index is 9.20. The highest BCUT2D eigenvalue weighted by Gasteiger charge is 2.49. The van der Waals surface area contributed by atoms with E-state index < -0.39 is 0 Å². The van der Waals surface area contributed by atoms with Crippen molar-refractivity contribution in [3.63, 3.8) is 0 Å². The Morgan fingerprint density at radius 3 is 2.75 bits per heavy atom. The van der Waals surface area contributed by atoms with Gasteiger partial charge in [-0.25, -0.2) is 0 Å². The molecule has 0 saturated heterocycles. The van der Waals surface area contributed by atoms with Crippen LogP contribution in [-0.4, -0.2) is 25.9 Å². The number of nitrogens with zero attached hydrogens (tertiary/aromatic N) is 1. The first-order chi connectivity index (χ1) is 9.52. The third-order valence-electron chi connectivity index (χ3n) is 4.22. The second-order valence-corrected chi connectivity index (χ2v) is 5.72. The van der Waals surface area contributed by atoms with Gasteiger partial charge in [-0.15, -0.1) is 0 Å². The molecule has 1 aliphatic carbocycles. The van der Waals surface area contributed by atoms with E-state index in [1.54, 1.807) is 19.2 Å². The summed E-state index contributed by atoms with van der Waals surface area (Å²) in [5.41, 5.74) is 1.53. The summed E-state index contributed by atoms with van der Waals surface area (Å²) in [7, 11) is 1.63. The molecular weight excluding hydrogens is 252 g/mol. The lowest BCUT2D eigenvalue weighted by atomic mass is 9.64. The Bertz CT molecular complexity index is 520. The minimum absolute atomic E-state index is 0.0613. The number of methoxy groups -OCH3 is 1. The summed E-state index contributed by atoms with van der Waals surface area (Å²) in [6, 6.07) is 7.99. The van der Waals surface area contributed by atoms with Crippen LogP contribution in [0.4, 0.5) is 5.69 Å². The maximum absolute atomic E-state index is 9.20. The molecule has 0 heterocycles. The van der Waals surface area contributed by atoms with Crippen molar-refractivity contribution in [2.24, 2.45) is 5.41 Å². The van der Waals surface area contributed by atoms with Gasteiger partial charge in [-0.3, -0.25) is 0 Å². The molecule has 1 N–H and O–H groups in total. The van der Waals surface area contributed by atoms with Gasteiger partial charge >= 0.3 is 0 Å². The number of hydrogen-bond acceptors (Lipinski definition) is 4. The fourth-order valence-electron chi connectivity index (χ4n) is 2.67. The van der Waals surface area contributed by atoms with E-state index in [2.05, 4.69) is 25.2 Å². The first-order valence-electron chi connectivity index (χ1n) is 6.99. The lowest BCUT2D eigenvalue weighted by Crippen LogP contribution is -2.58. The Morgan fingerprint density at radius 2 is 2.20 bits per heavy atom. The van der Waals surface area contributed by atoms with E-state index in [4.69, 9.17) is 9.47 Å². The van der Waals surface area contributed by atoms with E-state index in [0.29, 0.717) is 11.6 Å². The van der Waals surface area contributed by atoms with Crippen molar-refractivity contribution in [3.8, 4) is 11.8 Å². The molecule has 0 aliphatic heterocycles. The zero-order valence-corrected chi connectivity index (χ0v) is 12.6. The lowest BCUT2D eigenvalue weighted by molar-refractivity contribution is -0.0976. The second kappa shape index (κ2) is 5.72. The number of ether oxygens (including phenoxy) is 2. The van der Waals surface area contributed by atoms with Crippen LogP contribution in [0.2, 0.25) is 0 Å². The van der Waals surface area contributed by atoms with Crippen LogP contribution in [0.3, 0.4) is 0 Å². The van der Waals surface area contributed by atoms with Gasteiger partial charge in [-0.05, 0) is 25.5 Å². The second-order valence-electron chi connectivity index (χ2n) is 5.72. The lowest BCUT2D eigenvalue weighted by Gasteiger charge is -2.52. The predicted octanol–water partition coefficient (Wildman–Crippen LogP) is 3.18. The molecule has 2 unspecified atom stereocenters. The summed E-state index contributed by atoms with van der Waals surface area (Å²) in [5, 5.41) is 12.7. The Labute approximate surface area is 120 Å². The van der Waals surface area contributed by atoms with Crippen molar-refractivity contribution in [2.75, 3.05) is 19.0 Å². The highest BCUT2D eigenvalue weighted by molar-refractivity contribution is 5.61. The minimum atomic E-state index is 0.0613. The molecule has 1 aromatic carbocycles. The van der Waals surface area contributed by atoms with Gasteiger partial charge in [-0.1, -0.05) is 13.8 Å². The Morgan fingerprint density at radius 1 is 1.45 bits per heavy atom. The van der Waals surface area contributed by atoms with Crippen LogP contribution in [-0.2, 0) is 4.74 Å². The van der Waals surface area contributed by atoms with Gasteiger partial charge in [-0.2, -0.15) is 5.26 Å². The van der Waals surface area contributed by atoms with E-state index in [-0.39, 0.29) is 11.5 Å². The fourth-order valence-corrected chi connectivity index (χ4v) is 2.67. The van der Waals surface area contributed by atoms with Crippen molar-refractivity contribution < 1.29 is 9.47 Å². The average molecular weight is 274 g/mol. The first kappa shape index (κ1) is 14.7. The van der Waals surface area contributed by atoms with Gasteiger partial charge in [0.1, 0.15) is 11.8 Å². The van der Waals surface area contributed by atoms with E-state index in [1.807, 2.05) is 13.0 Å². The number of nitrogens with one attached hydrogen (secondary N) is 1. The Hall–Kier alpha value is -1.73. The van der Waals surface area contributed by atoms with Crippen LogP contribution in [0.15, 0.2) is 18.2 Å². The molecule has 2 atom stereocenters. The zero-order chi connectivity index (χ0) is 14.8. The summed E-state index contributed by atoms with van der Waals surface area (Å²) in [4.78, 5) is 0. The van der Waals surface area contributed by atoms with Crippen molar-refractivity contribution in [1.29, 1.82) is 5.26 Å². The van der Waals surface area contributed by atoms with Crippen molar-refractivity contribution >= 4 is 5.69 Å². The van der Waals surface area contributed by atoms with Crippen molar-refractivity contribution in [3.05, 3.63) is 23.8 Å². The molecule has 1 saturated carbocycles. The van der Waals surface area contributed by atoms with Crippen LogP contribution in [0, 0.1) is 16.7 Å². The molecule has 1 fully saturated rings. The largest absolute Gasteiger partial charge is 0.497 e. The van der Waals surface area contributed by atoms with Crippen molar-refractivity contribution in [2.45, 2.75) is 39.3 Å². The molecule has 0 aromatic heterocycles. The molecule has 2 rings (SSSR count). The summed E-state index contributed by atoms with van der Waals surface area (Å²) in [6.45, 7) is 7.15. The van der Waals surface area contributed by atoms with E-state index in [0.717, 1.165) is 24.5 Å². The monoisotopic (exact) mass is 274 g/mol. The number of hydrogen-bond donors (Lipinski definition) is 1. The quantitative estimate of drug-likeness (QED) is 0.896. The van der Waals surface area contributed by atoms with Gasteiger partial charge < -0.3 is 14.8 Å². The molecule has 0 spiro atoms. The Kier molecular flexibility index (Phi) is 4.20. The van der Waals surface area contributed by atoms with E-state index >= 15 is 0 Å². The van der Waals surface area contributed by atoms with Gasteiger partial charge in [0.15, 0.2) is 0 Å². The van der Waals surface area contributed by atoms with E-state index in [1.165, 1.54) is 0 Å². The molecule has 0 amide bonds. The summed E-state index contributed by atoms with van der Waals surface area (Å²) in [6.07, 6.45) is 1.24. The number of anilines is 1. The molecular formula is C16H22N2O2.